The zero-order valence-electron chi connectivity index (χ0n) is 15.6. The molecule has 0 atom stereocenters. The van der Waals surface area contributed by atoms with Crippen molar-refractivity contribution in [2.45, 2.75) is 69.1 Å². The Hall–Kier alpha value is -1.84. The number of halogens is 4. The molecule has 2 aromatic carbocycles. The maximum atomic E-state index is 14.9. The predicted molar refractivity (Wildman–Crippen MR) is 97.8 cm³/mol. The third-order valence-electron chi connectivity index (χ3n) is 6.95. The summed E-state index contributed by atoms with van der Waals surface area (Å²) in [7, 11) is 0. The third kappa shape index (κ3) is 2.97. The number of aryl methyl sites for hydroxylation is 1. The van der Waals surface area contributed by atoms with E-state index in [0.717, 1.165) is 31.2 Å². The van der Waals surface area contributed by atoms with Crippen molar-refractivity contribution in [3.05, 3.63) is 70.3 Å². The van der Waals surface area contributed by atoms with Crippen molar-refractivity contribution in [2.24, 2.45) is 0 Å². The molecule has 3 saturated carbocycles. The molecule has 0 N–H and O–H groups in total. The lowest BCUT2D eigenvalue weighted by Gasteiger charge is -2.54. The van der Waals surface area contributed by atoms with Crippen molar-refractivity contribution in [2.75, 3.05) is 0 Å². The van der Waals surface area contributed by atoms with Crippen LogP contribution in [0.25, 0.3) is 0 Å². The Bertz CT molecular complexity index is 823. The summed E-state index contributed by atoms with van der Waals surface area (Å²) in [6.45, 7) is 1.99. The van der Waals surface area contributed by atoms with Gasteiger partial charge in [0.1, 0.15) is 11.6 Å². The highest BCUT2D eigenvalue weighted by Gasteiger charge is 2.51. The first kappa shape index (κ1) is 18.5. The summed E-state index contributed by atoms with van der Waals surface area (Å²) in [5.74, 6) is -2.53. The Morgan fingerprint density at radius 2 is 1.26 bits per heavy atom. The fourth-order valence-corrected chi connectivity index (χ4v) is 5.38. The van der Waals surface area contributed by atoms with Gasteiger partial charge < -0.3 is 0 Å². The van der Waals surface area contributed by atoms with Gasteiger partial charge >= 0.3 is 0 Å². The van der Waals surface area contributed by atoms with Crippen molar-refractivity contribution >= 4 is 0 Å². The average molecular weight is 376 g/mol. The minimum absolute atomic E-state index is 0.203. The molecular formula is C23H24F4. The number of hydrogen-bond acceptors (Lipinski definition) is 0. The Balaban J connectivity index is 1.64. The van der Waals surface area contributed by atoms with Crippen molar-refractivity contribution in [1.29, 1.82) is 0 Å². The van der Waals surface area contributed by atoms with E-state index in [1.165, 1.54) is 24.3 Å². The second-order valence-electron chi connectivity index (χ2n) is 8.37. The summed E-state index contributed by atoms with van der Waals surface area (Å²) in [5.41, 5.74) is 1.08. The van der Waals surface area contributed by atoms with Crippen LogP contribution in [0.15, 0.2) is 30.3 Å². The van der Waals surface area contributed by atoms with Crippen LogP contribution in [-0.2, 0) is 17.3 Å². The Kier molecular flexibility index (Phi) is 4.56. The molecule has 0 heterocycles. The van der Waals surface area contributed by atoms with E-state index >= 15 is 0 Å². The topological polar surface area (TPSA) is 0 Å². The Morgan fingerprint density at radius 3 is 1.78 bits per heavy atom. The summed E-state index contributed by atoms with van der Waals surface area (Å²) >= 11 is 0. The molecule has 144 valence electrons. The molecular weight excluding hydrogens is 352 g/mol. The molecule has 0 amide bonds. The molecule has 5 rings (SSSR count). The number of fused-ring (bicyclic) bond motifs is 3. The second kappa shape index (κ2) is 6.65. The van der Waals surface area contributed by atoms with E-state index in [4.69, 9.17) is 0 Å². The van der Waals surface area contributed by atoms with Gasteiger partial charge in [0, 0.05) is 11.0 Å². The monoisotopic (exact) mass is 376 g/mol. The molecule has 4 heteroatoms. The van der Waals surface area contributed by atoms with Gasteiger partial charge in [-0.15, -0.1) is 0 Å². The zero-order valence-corrected chi connectivity index (χ0v) is 15.6. The van der Waals surface area contributed by atoms with Crippen LogP contribution in [0, 0.1) is 23.3 Å². The SMILES string of the molecule is CCCc1cc(F)c(C23CCC(c4ccc(F)c(F)c4)(CC2)CC3)c(F)c1. The standard InChI is InChI=1S/C23H24F4/c1-2-3-15-12-19(26)21(20(27)13-15)23-9-6-22(7-10-23,8-11-23)16-4-5-17(24)18(25)14-16/h4-5,12-14H,2-3,6-11H2,1H3. The molecule has 0 aromatic heterocycles. The molecule has 0 radical (unpaired) electrons. The lowest BCUT2D eigenvalue weighted by molar-refractivity contribution is 0.0956. The van der Waals surface area contributed by atoms with Crippen LogP contribution in [0.5, 0.6) is 0 Å². The van der Waals surface area contributed by atoms with Crippen LogP contribution in [0.4, 0.5) is 17.6 Å². The van der Waals surface area contributed by atoms with E-state index < -0.39 is 28.7 Å². The van der Waals surface area contributed by atoms with Crippen LogP contribution in [0.2, 0.25) is 0 Å². The van der Waals surface area contributed by atoms with E-state index in [1.54, 1.807) is 6.07 Å². The molecule has 3 aliphatic carbocycles. The maximum Gasteiger partial charge on any atom is 0.159 e. The second-order valence-corrected chi connectivity index (χ2v) is 8.37. The van der Waals surface area contributed by atoms with Crippen molar-refractivity contribution < 1.29 is 17.6 Å². The maximum absolute atomic E-state index is 14.9. The highest BCUT2D eigenvalue weighted by atomic mass is 19.2. The van der Waals surface area contributed by atoms with Gasteiger partial charge in [-0.25, -0.2) is 17.6 Å². The first-order valence-electron chi connectivity index (χ1n) is 9.83. The van der Waals surface area contributed by atoms with E-state index in [2.05, 4.69) is 0 Å². The molecule has 0 saturated heterocycles. The van der Waals surface area contributed by atoms with Gasteiger partial charge in [-0.3, -0.25) is 0 Å². The van der Waals surface area contributed by atoms with Gasteiger partial charge in [0.25, 0.3) is 0 Å². The number of rotatable bonds is 4. The lowest BCUT2D eigenvalue weighted by Crippen LogP contribution is -2.47. The van der Waals surface area contributed by atoms with Gasteiger partial charge in [0.15, 0.2) is 11.6 Å². The average Bonchev–Trinajstić information content (AvgIpc) is 2.65. The highest BCUT2D eigenvalue weighted by Crippen LogP contribution is 2.59. The van der Waals surface area contributed by atoms with Gasteiger partial charge in [0.05, 0.1) is 0 Å². The highest BCUT2D eigenvalue weighted by molar-refractivity contribution is 5.38. The Labute approximate surface area is 157 Å². The minimum atomic E-state index is -0.840. The molecule has 3 fully saturated rings. The van der Waals surface area contributed by atoms with Crippen molar-refractivity contribution in [1.82, 2.24) is 0 Å². The molecule has 0 nitrogen and oxygen atoms in total. The number of hydrogen-bond donors (Lipinski definition) is 0. The fourth-order valence-electron chi connectivity index (χ4n) is 5.38. The summed E-state index contributed by atoms with van der Waals surface area (Å²) in [6.07, 6.45) is 5.77. The first-order chi connectivity index (χ1) is 12.9. The molecule has 0 spiro atoms. The molecule has 0 aliphatic heterocycles. The van der Waals surface area contributed by atoms with Crippen LogP contribution in [0.1, 0.15) is 68.6 Å². The minimum Gasteiger partial charge on any atom is -0.207 e. The van der Waals surface area contributed by atoms with Gasteiger partial charge in [-0.1, -0.05) is 19.4 Å². The van der Waals surface area contributed by atoms with Crippen LogP contribution < -0.4 is 0 Å². The van der Waals surface area contributed by atoms with Crippen LogP contribution in [-0.4, -0.2) is 0 Å². The van der Waals surface area contributed by atoms with E-state index in [0.29, 0.717) is 31.2 Å². The first-order valence-corrected chi connectivity index (χ1v) is 9.83. The predicted octanol–water partition coefficient (Wildman–Crippen LogP) is 6.74. The van der Waals surface area contributed by atoms with Crippen molar-refractivity contribution in [3.8, 4) is 0 Å². The lowest BCUT2D eigenvalue weighted by atomic mass is 9.50. The normalized spacial score (nSPS) is 27.1. The van der Waals surface area contributed by atoms with Gasteiger partial charge in [-0.05, 0) is 85.8 Å². The van der Waals surface area contributed by atoms with E-state index in [9.17, 15) is 17.6 Å². The third-order valence-corrected chi connectivity index (χ3v) is 6.95. The summed E-state index contributed by atoms with van der Waals surface area (Å²) in [5, 5.41) is 0. The molecule has 27 heavy (non-hydrogen) atoms. The summed E-state index contributed by atoms with van der Waals surface area (Å²) in [4.78, 5) is 0. The van der Waals surface area contributed by atoms with Crippen molar-refractivity contribution in [3.63, 3.8) is 0 Å². The largest absolute Gasteiger partial charge is 0.207 e. The van der Waals surface area contributed by atoms with Gasteiger partial charge in [-0.2, -0.15) is 0 Å². The van der Waals surface area contributed by atoms with Crippen LogP contribution >= 0.6 is 0 Å². The zero-order chi connectivity index (χ0) is 19.2. The van der Waals surface area contributed by atoms with E-state index in [1.807, 2.05) is 6.92 Å². The molecule has 0 unspecified atom stereocenters. The van der Waals surface area contributed by atoms with Gasteiger partial charge in [0.2, 0.25) is 0 Å². The summed E-state index contributed by atoms with van der Waals surface area (Å²) < 4.78 is 56.7. The van der Waals surface area contributed by atoms with E-state index in [-0.39, 0.29) is 11.0 Å². The number of benzene rings is 2. The fraction of sp³-hybridized carbons (Fsp3) is 0.478. The summed E-state index contributed by atoms with van der Waals surface area (Å²) in [6, 6.07) is 7.12. The molecule has 3 aliphatic rings. The quantitative estimate of drug-likeness (QED) is 0.519. The Morgan fingerprint density at radius 1 is 0.704 bits per heavy atom. The molecule has 2 bridgehead atoms. The molecule has 2 aromatic rings. The smallest absolute Gasteiger partial charge is 0.159 e. The van der Waals surface area contributed by atoms with Crippen LogP contribution in [0.3, 0.4) is 0 Å².